The Morgan fingerprint density at radius 3 is 2.32 bits per heavy atom. The first-order chi connectivity index (χ1) is 11.5. The zero-order valence-electron chi connectivity index (χ0n) is 13.5. The summed E-state index contributed by atoms with van der Waals surface area (Å²) >= 11 is 0. The molecule has 0 radical (unpaired) electrons. The molecule has 136 valence electrons. The van der Waals surface area contributed by atoms with E-state index in [9.17, 15) is 14.4 Å². The zero-order valence-corrected chi connectivity index (χ0v) is 14.3. The number of amides is 2. The number of hydrogen-bond acceptors (Lipinski definition) is 6. The second-order valence-electron chi connectivity index (χ2n) is 6.23. The van der Waals surface area contributed by atoms with Crippen LogP contribution in [-0.2, 0) is 14.4 Å². The summed E-state index contributed by atoms with van der Waals surface area (Å²) in [4.78, 5) is 42.2. The summed E-state index contributed by atoms with van der Waals surface area (Å²) in [5.41, 5.74) is 0.655. The average Bonchev–Trinajstić information content (AvgIpc) is 2.56. The van der Waals surface area contributed by atoms with Gasteiger partial charge in [-0.1, -0.05) is 0 Å². The van der Waals surface area contributed by atoms with Crippen LogP contribution in [0.1, 0.15) is 50.0 Å². The Labute approximate surface area is 150 Å². The molecule has 1 aliphatic carbocycles. The predicted octanol–water partition coefficient (Wildman–Crippen LogP) is 1.44. The van der Waals surface area contributed by atoms with E-state index in [1.165, 1.54) is 0 Å². The van der Waals surface area contributed by atoms with Gasteiger partial charge in [-0.05, 0) is 32.1 Å². The van der Waals surface area contributed by atoms with Gasteiger partial charge in [0, 0.05) is 24.4 Å². The number of carbonyl (C=O) groups is 3. The summed E-state index contributed by atoms with van der Waals surface area (Å²) in [5, 5.41) is 11.3. The van der Waals surface area contributed by atoms with Gasteiger partial charge in [0.25, 0.3) is 0 Å². The summed E-state index contributed by atoms with van der Waals surface area (Å²) in [5.74, 6) is -2.04. The van der Waals surface area contributed by atoms with Crippen molar-refractivity contribution in [2.75, 3.05) is 0 Å². The number of carboxylic acid groups (broad SMARTS) is 1. The molecule has 8 nitrogen and oxygen atoms in total. The van der Waals surface area contributed by atoms with E-state index in [1.807, 2.05) is 0 Å². The lowest BCUT2D eigenvalue weighted by Gasteiger charge is -2.26. The minimum Gasteiger partial charge on any atom is -0.481 e. The molecule has 2 N–H and O–H groups in total. The van der Waals surface area contributed by atoms with Crippen LogP contribution in [-0.4, -0.2) is 39.0 Å². The van der Waals surface area contributed by atoms with E-state index < -0.39 is 11.9 Å². The van der Waals surface area contributed by atoms with Crippen LogP contribution in [0.3, 0.4) is 0 Å². The number of carbonyl (C=O) groups excluding carboxylic acids is 2. The van der Waals surface area contributed by atoms with Crippen LogP contribution in [0.5, 0.6) is 6.01 Å². The molecule has 2 amide bonds. The fourth-order valence-electron chi connectivity index (χ4n) is 3.16. The Kier molecular flexibility index (Phi) is 6.30. The molecule has 1 aromatic rings. The zero-order chi connectivity index (χ0) is 17.1. The lowest BCUT2D eigenvalue weighted by atomic mass is 9.87. The Morgan fingerprint density at radius 1 is 1.12 bits per heavy atom. The Hall–Kier alpha value is -2.22. The quantitative estimate of drug-likeness (QED) is 0.771. The molecule has 3 rings (SSSR count). The number of halogens is 1. The van der Waals surface area contributed by atoms with Crippen LogP contribution in [0.25, 0.3) is 0 Å². The lowest BCUT2D eigenvalue weighted by Crippen LogP contribution is -2.39. The molecule has 2 aliphatic rings. The van der Waals surface area contributed by atoms with E-state index in [4.69, 9.17) is 9.84 Å². The molecule has 2 heterocycles. The van der Waals surface area contributed by atoms with Crippen LogP contribution >= 0.6 is 12.4 Å². The van der Waals surface area contributed by atoms with Crippen molar-refractivity contribution in [1.29, 1.82) is 0 Å². The summed E-state index contributed by atoms with van der Waals surface area (Å²) in [6, 6.07) is 0.227. The van der Waals surface area contributed by atoms with Crippen molar-refractivity contribution < 1.29 is 24.2 Å². The highest BCUT2D eigenvalue weighted by Crippen LogP contribution is 2.28. The number of piperidine rings is 1. The lowest BCUT2D eigenvalue weighted by molar-refractivity contribution is -0.143. The summed E-state index contributed by atoms with van der Waals surface area (Å²) < 4.78 is 5.70. The maximum absolute atomic E-state index is 11.8. The maximum Gasteiger partial charge on any atom is 0.316 e. The van der Waals surface area contributed by atoms with Gasteiger partial charge >= 0.3 is 12.0 Å². The van der Waals surface area contributed by atoms with Crippen molar-refractivity contribution in [2.24, 2.45) is 5.92 Å². The van der Waals surface area contributed by atoms with Crippen LogP contribution in [0.2, 0.25) is 0 Å². The summed E-state index contributed by atoms with van der Waals surface area (Å²) in [7, 11) is 0. The normalized spacial score (nSPS) is 26.3. The van der Waals surface area contributed by atoms with Crippen molar-refractivity contribution in [3.8, 4) is 6.01 Å². The van der Waals surface area contributed by atoms with Crippen molar-refractivity contribution in [1.82, 2.24) is 15.3 Å². The minimum absolute atomic E-state index is 0. The Morgan fingerprint density at radius 2 is 1.76 bits per heavy atom. The van der Waals surface area contributed by atoms with Crippen LogP contribution < -0.4 is 10.1 Å². The van der Waals surface area contributed by atoms with E-state index in [0.717, 1.165) is 0 Å². The number of nitrogens with zero attached hydrogens (tertiary/aromatic N) is 2. The highest BCUT2D eigenvalue weighted by molar-refractivity contribution is 6.00. The van der Waals surface area contributed by atoms with Crippen LogP contribution in [0, 0.1) is 5.92 Å². The molecule has 1 saturated heterocycles. The van der Waals surface area contributed by atoms with E-state index >= 15 is 0 Å². The van der Waals surface area contributed by atoms with E-state index in [2.05, 4.69) is 15.3 Å². The van der Waals surface area contributed by atoms with Crippen LogP contribution in [0.4, 0.5) is 0 Å². The van der Waals surface area contributed by atoms with E-state index in [1.54, 1.807) is 12.4 Å². The van der Waals surface area contributed by atoms with Crippen LogP contribution in [0.15, 0.2) is 12.4 Å². The molecule has 2 fully saturated rings. The summed E-state index contributed by atoms with van der Waals surface area (Å²) in [6.07, 6.45) is 6.28. The molecule has 1 aliphatic heterocycles. The van der Waals surface area contributed by atoms with Gasteiger partial charge in [-0.25, -0.2) is 9.97 Å². The molecular weight excluding hydrogens is 350 g/mol. The molecule has 1 atom stereocenters. The van der Waals surface area contributed by atoms with Crippen molar-refractivity contribution >= 4 is 30.2 Å². The smallest absolute Gasteiger partial charge is 0.316 e. The minimum atomic E-state index is -0.752. The molecule has 1 aromatic heterocycles. The molecular formula is C16H20ClN3O5. The number of imide groups is 1. The topological polar surface area (TPSA) is 118 Å². The summed E-state index contributed by atoms with van der Waals surface area (Å²) in [6.45, 7) is 0. The molecule has 1 saturated carbocycles. The Bertz CT molecular complexity index is 644. The number of hydrogen-bond donors (Lipinski definition) is 2. The van der Waals surface area contributed by atoms with Gasteiger partial charge < -0.3 is 9.84 Å². The number of carboxylic acids is 1. The predicted molar refractivity (Wildman–Crippen MR) is 88.4 cm³/mol. The van der Waals surface area contributed by atoms with E-state index in [-0.39, 0.29) is 42.3 Å². The molecule has 1 unspecified atom stereocenters. The Balaban J connectivity index is 0.00000225. The molecule has 0 spiro atoms. The van der Waals surface area contributed by atoms with Gasteiger partial charge in [0.1, 0.15) is 6.10 Å². The fraction of sp³-hybridized carbons (Fsp3) is 0.562. The second kappa shape index (κ2) is 8.24. The number of aliphatic carboxylic acids is 1. The van der Waals surface area contributed by atoms with Crippen molar-refractivity contribution in [3.63, 3.8) is 0 Å². The van der Waals surface area contributed by atoms with Crippen molar-refractivity contribution in [2.45, 2.75) is 50.5 Å². The first kappa shape index (κ1) is 19.1. The molecule has 9 heteroatoms. The molecule has 0 bridgehead atoms. The fourth-order valence-corrected chi connectivity index (χ4v) is 3.16. The first-order valence-electron chi connectivity index (χ1n) is 8.08. The largest absolute Gasteiger partial charge is 0.481 e. The van der Waals surface area contributed by atoms with Gasteiger partial charge in [-0.3, -0.25) is 19.7 Å². The monoisotopic (exact) mass is 369 g/mol. The third-order valence-electron chi connectivity index (χ3n) is 4.59. The number of rotatable bonds is 4. The highest BCUT2D eigenvalue weighted by Gasteiger charge is 2.29. The SMILES string of the molecule is Cl.O=C1CCC(c2cnc(O[C@H]3CC[C@H](C(=O)O)CC3)nc2)C(=O)N1. The third kappa shape index (κ3) is 4.66. The van der Waals surface area contributed by atoms with Gasteiger partial charge in [-0.2, -0.15) is 0 Å². The van der Waals surface area contributed by atoms with Gasteiger partial charge in [-0.15, -0.1) is 12.4 Å². The van der Waals surface area contributed by atoms with Crippen molar-refractivity contribution in [3.05, 3.63) is 18.0 Å². The number of nitrogens with one attached hydrogen (secondary N) is 1. The van der Waals surface area contributed by atoms with Gasteiger partial charge in [0.05, 0.1) is 11.8 Å². The second-order valence-corrected chi connectivity index (χ2v) is 6.23. The number of ether oxygens (including phenoxy) is 1. The third-order valence-corrected chi connectivity index (χ3v) is 4.59. The van der Waals surface area contributed by atoms with Gasteiger partial charge in [0.2, 0.25) is 11.8 Å². The molecule has 25 heavy (non-hydrogen) atoms. The molecule has 0 aromatic carbocycles. The van der Waals surface area contributed by atoms with E-state index in [0.29, 0.717) is 44.1 Å². The first-order valence-corrected chi connectivity index (χ1v) is 8.08. The number of aromatic nitrogens is 2. The van der Waals surface area contributed by atoms with Gasteiger partial charge in [0.15, 0.2) is 0 Å². The maximum atomic E-state index is 11.8. The standard InChI is InChI=1S/C16H19N3O5.ClH/c20-13-6-5-12(14(21)19-13)10-7-17-16(18-8-10)24-11-3-1-9(2-4-11)15(22)23;/h7-9,11-12H,1-6H2,(H,22,23)(H,19,20,21);1H/t9-,11-,12?;. The highest BCUT2D eigenvalue weighted by atomic mass is 35.5. The average molecular weight is 370 g/mol.